The number of aryl methyl sites for hydroxylation is 1. The van der Waals surface area contributed by atoms with E-state index in [0.29, 0.717) is 29.0 Å². The third kappa shape index (κ3) is 6.26. The topological polar surface area (TPSA) is 90.5 Å². The minimum atomic E-state index is -0.313. The van der Waals surface area contributed by atoms with Gasteiger partial charge in [-0.1, -0.05) is 54.1 Å². The van der Waals surface area contributed by atoms with E-state index >= 15 is 0 Å². The monoisotopic (exact) mass is 470 g/mol. The molecular formula is C28H30N4O3. The van der Waals surface area contributed by atoms with Gasteiger partial charge in [0.05, 0.1) is 23.4 Å². The summed E-state index contributed by atoms with van der Waals surface area (Å²) in [7, 11) is 0. The van der Waals surface area contributed by atoms with Crippen LogP contribution in [0.3, 0.4) is 0 Å². The molecule has 0 saturated carbocycles. The highest BCUT2D eigenvalue weighted by Gasteiger charge is 2.22. The Balaban J connectivity index is 1.36. The quantitative estimate of drug-likeness (QED) is 0.460. The molecular weight excluding hydrogens is 440 g/mol. The zero-order valence-corrected chi connectivity index (χ0v) is 19.8. The van der Waals surface area contributed by atoms with Gasteiger partial charge in [0.2, 0.25) is 5.91 Å². The molecule has 0 atom stereocenters. The summed E-state index contributed by atoms with van der Waals surface area (Å²) < 4.78 is 0. The van der Waals surface area contributed by atoms with Crippen molar-refractivity contribution >= 4 is 29.1 Å². The van der Waals surface area contributed by atoms with Gasteiger partial charge in [-0.2, -0.15) is 0 Å². The van der Waals surface area contributed by atoms with Gasteiger partial charge in [0, 0.05) is 25.3 Å². The largest absolute Gasteiger partial charge is 0.376 e. The van der Waals surface area contributed by atoms with Crippen LogP contribution in [-0.4, -0.2) is 42.3 Å². The maximum Gasteiger partial charge on any atom is 0.255 e. The number of nitrogens with one attached hydrogen (secondary N) is 3. The lowest BCUT2D eigenvalue weighted by Crippen LogP contribution is -2.29. The SMILES string of the molecule is Cc1ccc(CNC(=O)c2ccccc2NC(=O)CNc2ccccc2C(=O)N2CCCC2)cc1. The molecule has 0 unspecified atom stereocenters. The molecule has 3 amide bonds. The van der Waals surface area contributed by atoms with Crippen molar-refractivity contribution in [2.45, 2.75) is 26.3 Å². The summed E-state index contributed by atoms with van der Waals surface area (Å²) in [6.45, 7) is 3.89. The molecule has 180 valence electrons. The zero-order valence-electron chi connectivity index (χ0n) is 19.8. The van der Waals surface area contributed by atoms with Gasteiger partial charge < -0.3 is 20.9 Å². The molecule has 7 heteroatoms. The Morgan fingerprint density at radius 3 is 2.14 bits per heavy atom. The Bertz CT molecular complexity index is 1200. The number of hydrogen-bond donors (Lipinski definition) is 3. The summed E-state index contributed by atoms with van der Waals surface area (Å²) in [5, 5.41) is 8.80. The average Bonchev–Trinajstić information content (AvgIpc) is 3.42. The van der Waals surface area contributed by atoms with Crippen molar-refractivity contribution in [3.63, 3.8) is 0 Å². The van der Waals surface area contributed by atoms with Crippen LogP contribution in [0.15, 0.2) is 72.8 Å². The van der Waals surface area contributed by atoms with Crippen LogP contribution in [0.1, 0.15) is 44.7 Å². The molecule has 1 saturated heterocycles. The number of anilines is 2. The highest BCUT2D eigenvalue weighted by Crippen LogP contribution is 2.20. The molecule has 0 bridgehead atoms. The molecule has 0 radical (unpaired) electrons. The lowest BCUT2D eigenvalue weighted by molar-refractivity contribution is -0.114. The van der Waals surface area contributed by atoms with Gasteiger partial charge in [0.25, 0.3) is 11.8 Å². The summed E-state index contributed by atoms with van der Waals surface area (Å²) in [6, 6.07) is 22.1. The van der Waals surface area contributed by atoms with E-state index in [1.165, 1.54) is 0 Å². The van der Waals surface area contributed by atoms with Crippen LogP contribution < -0.4 is 16.0 Å². The maximum absolute atomic E-state index is 12.8. The van der Waals surface area contributed by atoms with E-state index in [0.717, 1.165) is 37.1 Å². The van der Waals surface area contributed by atoms with Gasteiger partial charge in [0.15, 0.2) is 0 Å². The number of rotatable bonds is 8. The molecule has 1 heterocycles. The Kier molecular flexibility index (Phi) is 7.77. The number of carbonyl (C=O) groups is 3. The number of carbonyl (C=O) groups excluding carboxylic acids is 3. The molecule has 7 nitrogen and oxygen atoms in total. The minimum absolute atomic E-state index is 0.0263. The number of nitrogens with zero attached hydrogens (tertiary/aromatic N) is 1. The first kappa shape index (κ1) is 24.0. The van der Waals surface area contributed by atoms with Gasteiger partial charge in [0.1, 0.15) is 0 Å². The highest BCUT2D eigenvalue weighted by molar-refractivity contribution is 6.05. The Labute approximate surface area is 205 Å². The first-order chi connectivity index (χ1) is 17.0. The van der Waals surface area contributed by atoms with E-state index in [1.54, 1.807) is 36.4 Å². The lowest BCUT2D eigenvalue weighted by Gasteiger charge is -2.18. The predicted molar refractivity (Wildman–Crippen MR) is 137 cm³/mol. The zero-order chi connectivity index (χ0) is 24.6. The van der Waals surface area contributed by atoms with Crippen molar-refractivity contribution in [3.8, 4) is 0 Å². The molecule has 35 heavy (non-hydrogen) atoms. The van der Waals surface area contributed by atoms with Gasteiger partial charge in [-0.15, -0.1) is 0 Å². The Hall–Kier alpha value is -4.13. The van der Waals surface area contributed by atoms with Gasteiger partial charge in [-0.3, -0.25) is 14.4 Å². The highest BCUT2D eigenvalue weighted by atomic mass is 16.2. The number of benzene rings is 3. The fraction of sp³-hybridized carbons (Fsp3) is 0.250. The van der Waals surface area contributed by atoms with E-state index in [1.807, 2.05) is 48.2 Å². The van der Waals surface area contributed by atoms with E-state index in [9.17, 15) is 14.4 Å². The summed E-state index contributed by atoms with van der Waals surface area (Å²) in [6.07, 6.45) is 2.03. The third-order valence-corrected chi connectivity index (χ3v) is 6.01. The second kappa shape index (κ2) is 11.3. The molecule has 3 aromatic carbocycles. The van der Waals surface area contributed by atoms with Crippen LogP contribution in [0.2, 0.25) is 0 Å². The van der Waals surface area contributed by atoms with E-state index in [-0.39, 0.29) is 24.3 Å². The van der Waals surface area contributed by atoms with E-state index in [2.05, 4.69) is 16.0 Å². The molecule has 4 rings (SSSR count). The molecule has 3 N–H and O–H groups in total. The number of hydrogen-bond acceptors (Lipinski definition) is 4. The van der Waals surface area contributed by atoms with Crippen LogP contribution in [-0.2, 0) is 11.3 Å². The van der Waals surface area contributed by atoms with E-state index in [4.69, 9.17) is 0 Å². The van der Waals surface area contributed by atoms with Gasteiger partial charge in [-0.25, -0.2) is 0 Å². The van der Waals surface area contributed by atoms with Crippen molar-refractivity contribution in [2.24, 2.45) is 0 Å². The van der Waals surface area contributed by atoms with Crippen LogP contribution in [0, 0.1) is 6.92 Å². The van der Waals surface area contributed by atoms with E-state index < -0.39 is 0 Å². The lowest BCUT2D eigenvalue weighted by atomic mass is 10.1. The summed E-state index contributed by atoms with van der Waals surface area (Å²) >= 11 is 0. The van der Waals surface area contributed by atoms with Crippen molar-refractivity contribution in [3.05, 3.63) is 95.1 Å². The van der Waals surface area contributed by atoms with Crippen molar-refractivity contribution in [2.75, 3.05) is 30.3 Å². The smallest absolute Gasteiger partial charge is 0.255 e. The Morgan fingerprint density at radius 1 is 0.800 bits per heavy atom. The summed E-state index contributed by atoms with van der Waals surface area (Å²) in [5.41, 5.74) is 4.14. The molecule has 1 aliphatic rings. The maximum atomic E-state index is 12.8. The molecule has 0 aromatic heterocycles. The molecule has 0 spiro atoms. The summed E-state index contributed by atoms with van der Waals surface area (Å²) in [5.74, 6) is -0.607. The van der Waals surface area contributed by atoms with Crippen LogP contribution in [0.4, 0.5) is 11.4 Å². The number of para-hydroxylation sites is 2. The molecule has 0 aliphatic carbocycles. The second-order valence-corrected chi connectivity index (χ2v) is 8.66. The van der Waals surface area contributed by atoms with Gasteiger partial charge >= 0.3 is 0 Å². The first-order valence-electron chi connectivity index (χ1n) is 11.9. The molecule has 3 aromatic rings. The van der Waals surface area contributed by atoms with Gasteiger partial charge in [-0.05, 0) is 49.6 Å². The number of likely N-dealkylation sites (tertiary alicyclic amines) is 1. The fourth-order valence-electron chi connectivity index (χ4n) is 4.06. The first-order valence-corrected chi connectivity index (χ1v) is 11.9. The van der Waals surface area contributed by atoms with Crippen molar-refractivity contribution in [1.29, 1.82) is 0 Å². The average molecular weight is 471 g/mol. The van der Waals surface area contributed by atoms with Crippen molar-refractivity contribution in [1.82, 2.24) is 10.2 Å². The predicted octanol–water partition coefficient (Wildman–Crippen LogP) is 4.21. The Morgan fingerprint density at radius 2 is 1.43 bits per heavy atom. The normalized spacial score (nSPS) is 12.8. The number of amides is 3. The van der Waals surface area contributed by atoms with Crippen molar-refractivity contribution < 1.29 is 14.4 Å². The van der Waals surface area contributed by atoms with Crippen LogP contribution >= 0.6 is 0 Å². The van der Waals surface area contributed by atoms with Crippen LogP contribution in [0.25, 0.3) is 0 Å². The standard InChI is InChI=1S/C28H30N4O3/c1-20-12-14-21(15-13-20)18-30-27(34)22-8-2-5-11-25(22)31-26(33)19-29-24-10-4-3-9-23(24)28(35)32-16-6-7-17-32/h2-5,8-15,29H,6-7,16-19H2,1H3,(H,30,34)(H,31,33). The third-order valence-electron chi connectivity index (χ3n) is 6.01. The summed E-state index contributed by atoms with van der Waals surface area (Å²) in [4.78, 5) is 40.2. The molecule has 1 fully saturated rings. The van der Waals surface area contributed by atoms with Crippen LogP contribution in [0.5, 0.6) is 0 Å². The second-order valence-electron chi connectivity index (χ2n) is 8.66. The fourth-order valence-corrected chi connectivity index (χ4v) is 4.06. The minimum Gasteiger partial charge on any atom is -0.376 e. The molecule has 1 aliphatic heterocycles.